The Morgan fingerprint density at radius 1 is 0.923 bits per heavy atom. The second-order valence-corrected chi connectivity index (χ2v) is 6.92. The summed E-state index contributed by atoms with van der Waals surface area (Å²) in [4.78, 5) is 26.4. The molecule has 136 valence electrons. The third-order valence-corrected chi connectivity index (χ3v) is 5.17. The summed E-state index contributed by atoms with van der Waals surface area (Å²) in [5.74, 6) is -0.235. The highest BCUT2D eigenvalue weighted by atomic mass is 16.2. The van der Waals surface area contributed by atoms with Crippen LogP contribution in [0.2, 0.25) is 0 Å². The van der Waals surface area contributed by atoms with Gasteiger partial charge in [-0.05, 0) is 36.1 Å². The Morgan fingerprint density at radius 2 is 1.54 bits per heavy atom. The zero-order chi connectivity index (χ0) is 18.4. The normalized spacial score (nSPS) is 14.7. The van der Waals surface area contributed by atoms with Gasteiger partial charge in [0.15, 0.2) is 0 Å². The predicted octanol–water partition coefficient (Wildman–Crippen LogP) is 3.87. The van der Waals surface area contributed by atoms with Crippen LogP contribution in [0.4, 0.5) is 0 Å². The fraction of sp³-hybridized carbons (Fsp3) is 0.364. The molecular weight excluding hydrogens is 324 g/mol. The summed E-state index contributed by atoms with van der Waals surface area (Å²) in [7, 11) is 1.85. The molecule has 0 saturated heterocycles. The molecule has 0 heterocycles. The van der Waals surface area contributed by atoms with Gasteiger partial charge in [-0.2, -0.15) is 0 Å². The molecule has 0 unspecified atom stereocenters. The smallest absolute Gasteiger partial charge is 0.251 e. The molecular formula is C22H26N2O2. The van der Waals surface area contributed by atoms with Crippen molar-refractivity contribution in [1.29, 1.82) is 0 Å². The molecule has 0 spiro atoms. The lowest BCUT2D eigenvalue weighted by Crippen LogP contribution is -2.44. The van der Waals surface area contributed by atoms with Crippen LogP contribution in [0.15, 0.2) is 54.6 Å². The average Bonchev–Trinajstić information content (AvgIpc) is 2.72. The van der Waals surface area contributed by atoms with Gasteiger partial charge >= 0.3 is 0 Å². The van der Waals surface area contributed by atoms with E-state index in [9.17, 15) is 9.59 Å². The monoisotopic (exact) mass is 350 g/mol. The largest absolute Gasteiger partial charge is 0.343 e. The van der Waals surface area contributed by atoms with Crippen LogP contribution in [-0.2, 0) is 4.79 Å². The first kappa shape index (κ1) is 18.2. The van der Waals surface area contributed by atoms with Gasteiger partial charge < -0.3 is 10.2 Å². The SMILES string of the molecule is CN(C(=O)CNC(=O)c1ccc(-c2ccccc2)cc1)C1CCCCC1. The van der Waals surface area contributed by atoms with Gasteiger partial charge in [0, 0.05) is 18.7 Å². The fourth-order valence-electron chi connectivity index (χ4n) is 3.50. The summed E-state index contributed by atoms with van der Waals surface area (Å²) < 4.78 is 0. The summed E-state index contributed by atoms with van der Waals surface area (Å²) in [6.07, 6.45) is 5.76. The molecule has 1 saturated carbocycles. The lowest BCUT2D eigenvalue weighted by Gasteiger charge is -2.31. The second-order valence-electron chi connectivity index (χ2n) is 6.92. The van der Waals surface area contributed by atoms with E-state index in [-0.39, 0.29) is 18.4 Å². The summed E-state index contributed by atoms with van der Waals surface area (Å²) >= 11 is 0. The van der Waals surface area contributed by atoms with E-state index in [1.54, 1.807) is 17.0 Å². The Balaban J connectivity index is 1.54. The topological polar surface area (TPSA) is 49.4 Å². The summed E-state index contributed by atoms with van der Waals surface area (Å²) in [5.41, 5.74) is 2.75. The number of hydrogen-bond acceptors (Lipinski definition) is 2. The molecule has 1 N–H and O–H groups in total. The molecule has 1 aliphatic rings. The van der Waals surface area contributed by atoms with E-state index in [1.165, 1.54) is 19.3 Å². The maximum absolute atomic E-state index is 12.3. The van der Waals surface area contributed by atoms with Gasteiger partial charge in [0.25, 0.3) is 5.91 Å². The molecule has 4 nitrogen and oxygen atoms in total. The molecule has 26 heavy (non-hydrogen) atoms. The molecule has 1 aliphatic carbocycles. The molecule has 3 rings (SSSR count). The summed E-state index contributed by atoms with van der Waals surface area (Å²) in [5, 5.41) is 2.75. The zero-order valence-electron chi connectivity index (χ0n) is 15.3. The maximum atomic E-state index is 12.3. The number of benzene rings is 2. The highest BCUT2D eigenvalue weighted by Crippen LogP contribution is 2.21. The molecule has 2 aromatic rings. The van der Waals surface area contributed by atoms with Gasteiger partial charge in [0.05, 0.1) is 6.54 Å². The van der Waals surface area contributed by atoms with E-state index in [0.717, 1.165) is 24.0 Å². The van der Waals surface area contributed by atoms with Crippen LogP contribution in [0.5, 0.6) is 0 Å². The van der Waals surface area contributed by atoms with E-state index in [2.05, 4.69) is 5.32 Å². The minimum atomic E-state index is -0.213. The Labute approximate surface area is 155 Å². The standard InChI is InChI=1S/C22H26N2O2/c1-24(20-10-6-3-7-11-20)21(25)16-23-22(26)19-14-12-18(13-15-19)17-8-4-2-5-9-17/h2,4-5,8-9,12-15,20H,3,6-7,10-11,16H2,1H3,(H,23,26). The number of carbonyl (C=O) groups is 2. The third-order valence-electron chi connectivity index (χ3n) is 5.17. The number of carbonyl (C=O) groups excluding carboxylic acids is 2. The number of nitrogens with one attached hydrogen (secondary N) is 1. The van der Waals surface area contributed by atoms with Gasteiger partial charge in [-0.3, -0.25) is 9.59 Å². The van der Waals surface area contributed by atoms with Crippen molar-refractivity contribution in [2.75, 3.05) is 13.6 Å². The summed E-state index contributed by atoms with van der Waals surface area (Å²) in [6, 6.07) is 17.8. The van der Waals surface area contributed by atoms with Crippen molar-refractivity contribution in [3.63, 3.8) is 0 Å². The van der Waals surface area contributed by atoms with Gasteiger partial charge in [-0.25, -0.2) is 0 Å². The molecule has 0 aliphatic heterocycles. The van der Waals surface area contributed by atoms with Gasteiger partial charge in [-0.1, -0.05) is 61.7 Å². The van der Waals surface area contributed by atoms with E-state index in [1.807, 2.05) is 49.5 Å². The van der Waals surface area contributed by atoms with E-state index < -0.39 is 0 Å². The molecule has 1 fully saturated rings. The van der Waals surface area contributed by atoms with Crippen molar-refractivity contribution in [2.45, 2.75) is 38.1 Å². The minimum Gasteiger partial charge on any atom is -0.343 e. The van der Waals surface area contributed by atoms with E-state index >= 15 is 0 Å². The van der Waals surface area contributed by atoms with Crippen molar-refractivity contribution in [1.82, 2.24) is 10.2 Å². The number of rotatable bonds is 5. The Kier molecular flexibility index (Phi) is 6.05. The Morgan fingerprint density at radius 3 is 2.19 bits per heavy atom. The van der Waals surface area contributed by atoms with Gasteiger partial charge in [-0.15, -0.1) is 0 Å². The Hall–Kier alpha value is -2.62. The molecule has 0 aromatic heterocycles. The number of hydrogen-bond donors (Lipinski definition) is 1. The second kappa shape index (κ2) is 8.65. The lowest BCUT2D eigenvalue weighted by atomic mass is 9.94. The first-order chi connectivity index (χ1) is 12.6. The maximum Gasteiger partial charge on any atom is 0.251 e. The first-order valence-electron chi connectivity index (χ1n) is 9.34. The van der Waals surface area contributed by atoms with Crippen molar-refractivity contribution < 1.29 is 9.59 Å². The molecule has 2 aromatic carbocycles. The van der Waals surface area contributed by atoms with Crippen molar-refractivity contribution in [3.8, 4) is 11.1 Å². The van der Waals surface area contributed by atoms with Crippen molar-refractivity contribution in [3.05, 3.63) is 60.2 Å². The van der Waals surface area contributed by atoms with Gasteiger partial charge in [0.1, 0.15) is 0 Å². The highest BCUT2D eigenvalue weighted by molar-refractivity contribution is 5.96. The number of nitrogens with zero attached hydrogens (tertiary/aromatic N) is 1. The molecule has 0 atom stereocenters. The highest BCUT2D eigenvalue weighted by Gasteiger charge is 2.22. The van der Waals surface area contributed by atoms with Gasteiger partial charge in [0.2, 0.25) is 5.91 Å². The molecule has 0 radical (unpaired) electrons. The van der Waals surface area contributed by atoms with Crippen LogP contribution < -0.4 is 5.32 Å². The minimum absolute atomic E-state index is 0.0221. The van der Waals surface area contributed by atoms with Crippen LogP contribution in [0.3, 0.4) is 0 Å². The number of likely N-dealkylation sites (N-methyl/N-ethyl adjacent to an activating group) is 1. The first-order valence-corrected chi connectivity index (χ1v) is 9.34. The summed E-state index contributed by atoms with van der Waals surface area (Å²) in [6.45, 7) is 0.0479. The average molecular weight is 350 g/mol. The molecule has 2 amide bonds. The van der Waals surface area contributed by atoms with Crippen LogP contribution in [0.25, 0.3) is 11.1 Å². The predicted molar refractivity (Wildman–Crippen MR) is 104 cm³/mol. The zero-order valence-corrected chi connectivity index (χ0v) is 15.3. The van der Waals surface area contributed by atoms with Crippen LogP contribution >= 0.6 is 0 Å². The van der Waals surface area contributed by atoms with E-state index in [0.29, 0.717) is 11.6 Å². The van der Waals surface area contributed by atoms with Crippen molar-refractivity contribution in [2.24, 2.45) is 0 Å². The molecule has 0 bridgehead atoms. The lowest BCUT2D eigenvalue weighted by molar-refractivity contribution is -0.131. The molecule has 4 heteroatoms. The fourth-order valence-corrected chi connectivity index (χ4v) is 3.50. The Bertz CT molecular complexity index is 734. The quantitative estimate of drug-likeness (QED) is 0.890. The van der Waals surface area contributed by atoms with Crippen LogP contribution in [0, 0.1) is 0 Å². The third kappa shape index (κ3) is 4.51. The number of amides is 2. The van der Waals surface area contributed by atoms with E-state index in [4.69, 9.17) is 0 Å². The van der Waals surface area contributed by atoms with Crippen molar-refractivity contribution >= 4 is 11.8 Å². The van der Waals surface area contributed by atoms with Crippen LogP contribution in [-0.4, -0.2) is 36.3 Å². The van der Waals surface area contributed by atoms with Crippen LogP contribution in [0.1, 0.15) is 42.5 Å².